The highest BCUT2D eigenvalue weighted by Gasteiger charge is 2.52. The Kier molecular flexibility index (Phi) is 1.89. The summed E-state index contributed by atoms with van der Waals surface area (Å²) < 4.78 is 4.77. The molecule has 0 aromatic rings. The Morgan fingerprint density at radius 1 is 1.62 bits per heavy atom. The van der Waals surface area contributed by atoms with Crippen molar-refractivity contribution in [2.75, 3.05) is 13.2 Å². The molecule has 1 aliphatic heterocycles. The first kappa shape index (κ1) is 8.72. The van der Waals surface area contributed by atoms with Gasteiger partial charge in [-0.15, -0.1) is 0 Å². The van der Waals surface area contributed by atoms with Crippen LogP contribution in [0.2, 0.25) is 0 Å². The number of ether oxygens (including phenoxy) is 1. The van der Waals surface area contributed by atoms with Gasteiger partial charge in [0.1, 0.15) is 6.61 Å². The van der Waals surface area contributed by atoms with Gasteiger partial charge in [0, 0.05) is 12.5 Å². The lowest BCUT2D eigenvalue weighted by molar-refractivity contribution is -0.155. The van der Waals surface area contributed by atoms with Crippen LogP contribution < -0.4 is 0 Å². The molecular weight excluding hydrogens is 172 g/mol. The summed E-state index contributed by atoms with van der Waals surface area (Å²) in [7, 11) is 0. The van der Waals surface area contributed by atoms with Crippen LogP contribution in [0.1, 0.15) is 6.42 Å². The number of carbonyl (C=O) groups excluding carboxylic acids is 1. The Morgan fingerprint density at radius 2 is 2.38 bits per heavy atom. The number of rotatable bonds is 1. The Morgan fingerprint density at radius 3 is 3.08 bits per heavy atom. The lowest BCUT2D eigenvalue weighted by Gasteiger charge is -2.29. The van der Waals surface area contributed by atoms with Gasteiger partial charge in [-0.3, -0.25) is 0 Å². The number of aliphatic hydroxyl groups is 2. The lowest BCUT2D eigenvalue weighted by atomic mass is 9.77. The van der Waals surface area contributed by atoms with E-state index >= 15 is 0 Å². The Labute approximate surface area is 75.8 Å². The quantitative estimate of drug-likeness (QED) is 0.424. The SMILES string of the molecule is O=C1OC[C@@H]2C=C[C@H](CO)C[C@]12O. The normalized spacial score (nSPS) is 43.1. The molecular formula is C9H12O4. The average molecular weight is 184 g/mol. The largest absolute Gasteiger partial charge is 0.463 e. The van der Waals surface area contributed by atoms with Crippen LogP contribution >= 0.6 is 0 Å². The van der Waals surface area contributed by atoms with E-state index < -0.39 is 11.6 Å². The average Bonchev–Trinajstić information content (AvgIpc) is 2.42. The molecule has 0 bridgehead atoms. The van der Waals surface area contributed by atoms with Crippen molar-refractivity contribution in [3.05, 3.63) is 12.2 Å². The molecule has 0 saturated carbocycles. The summed E-state index contributed by atoms with van der Waals surface area (Å²) in [5.41, 5.74) is -1.39. The molecule has 2 N–H and O–H groups in total. The number of aliphatic hydroxyl groups excluding tert-OH is 1. The highest BCUT2D eigenvalue weighted by molar-refractivity contribution is 5.82. The first-order valence-corrected chi connectivity index (χ1v) is 4.35. The Bertz CT molecular complexity index is 260. The fourth-order valence-corrected chi connectivity index (χ4v) is 1.91. The van der Waals surface area contributed by atoms with Gasteiger partial charge in [0.2, 0.25) is 0 Å². The Balaban J connectivity index is 2.25. The second-order valence-corrected chi connectivity index (χ2v) is 3.66. The molecule has 4 heteroatoms. The number of hydrogen-bond acceptors (Lipinski definition) is 4. The molecule has 2 aliphatic rings. The second-order valence-electron chi connectivity index (χ2n) is 3.66. The standard InChI is InChI=1S/C9H12O4/c10-4-6-1-2-7-5-13-8(11)9(7,12)3-6/h1-2,6-7,10,12H,3-5H2/t6-,7-,9+/m0/s1. The lowest BCUT2D eigenvalue weighted by Crippen LogP contribution is -2.44. The Hall–Kier alpha value is -0.870. The number of carbonyl (C=O) groups is 1. The number of fused-ring (bicyclic) bond motifs is 1. The fourth-order valence-electron chi connectivity index (χ4n) is 1.91. The number of hydrogen-bond donors (Lipinski definition) is 2. The van der Waals surface area contributed by atoms with E-state index in [0.29, 0.717) is 0 Å². The number of esters is 1. The van der Waals surface area contributed by atoms with Gasteiger partial charge in [-0.05, 0) is 6.42 Å². The maximum Gasteiger partial charge on any atom is 0.338 e. The van der Waals surface area contributed by atoms with Gasteiger partial charge in [0.25, 0.3) is 0 Å². The van der Waals surface area contributed by atoms with Crippen LogP contribution in [-0.2, 0) is 9.53 Å². The molecule has 13 heavy (non-hydrogen) atoms. The van der Waals surface area contributed by atoms with Crippen molar-refractivity contribution in [1.82, 2.24) is 0 Å². The van der Waals surface area contributed by atoms with Crippen molar-refractivity contribution in [2.24, 2.45) is 11.8 Å². The van der Waals surface area contributed by atoms with Gasteiger partial charge < -0.3 is 14.9 Å². The minimum Gasteiger partial charge on any atom is -0.463 e. The monoisotopic (exact) mass is 184 g/mol. The first-order chi connectivity index (χ1) is 6.16. The van der Waals surface area contributed by atoms with E-state index in [1.165, 1.54) is 0 Å². The van der Waals surface area contributed by atoms with Crippen molar-refractivity contribution >= 4 is 5.97 Å². The van der Waals surface area contributed by atoms with E-state index in [1.807, 2.05) is 6.08 Å². The molecule has 1 heterocycles. The minimum atomic E-state index is -1.39. The summed E-state index contributed by atoms with van der Waals surface area (Å²) >= 11 is 0. The van der Waals surface area contributed by atoms with Crippen LogP contribution in [0, 0.1) is 11.8 Å². The smallest absolute Gasteiger partial charge is 0.338 e. The third kappa shape index (κ3) is 1.17. The molecule has 1 fully saturated rings. The minimum absolute atomic E-state index is 0.0428. The van der Waals surface area contributed by atoms with Crippen molar-refractivity contribution in [3.63, 3.8) is 0 Å². The summed E-state index contributed by atoms with van der Waals surface area (Å²) in [6, 6.07) is 0. The summed E-state index contributed by atoms with van der Waals surface area (Å²) in [6.07, 6.45) is 3.86. The molecule has 1 saturated heterocycles. The molecule has 0 radical (unpaired) electrons. The molecule has 0 aromatic carbocycles. The molecule has 0 unspecified atom stereocenters. The highest BCUT2D eigenvalue weighted by Crippen LogP contribution is 2.37. The van der Waals surface area contributed by atoms with Gasteiger partial charge in [-0.25, -0.2) is 4.79 Å². The van der Waals surface area contributed by atoms with Crippen LogP contribution in [0.5, 0.6) is 0 Å². The van der Waals surface area contributed by atoms with Gasteiger partial charge in [0.05, 0.1) is 5.92 Å². The predicted molar refractivity (Wildman–Crippen MR) is 43.7 cm³/mol. The zero-order valence-corrected chi connectivity index (χ0v) is 7.14. The maximum absolute atomic E-state index is 11.2. The van der Waals surface area contributed by atoms with Crippen molar-refractivity contribution in [3.8, 4) is 0 Å². The molecule has 4 nitrogen and oxygen atoms in total. The predicted octanol–water partition coefficient (Wildman–Crippen LogP) is -0.541. The van der Waals surface area contributed by atoms with E-state index in [9.17, 15) is 9.90 Å². The summed E-state index contributed by atoms with van der Waals surface area (Å²) in [5.74, 6) is -0.921. The van der Waals surface area contributed by atoms with Crippen molar-refractivity contribution in [1.29, 1.82) is 0 Å². The maximum atomic E-state index is 11.2. The third-order valence-electron chi connectivity index (χ3n) is 2.78. The third-order valence-corrected chi connectivity index (χ3v) is 2.78. The fraction of sp³-hybridized carbons (Fsp3) is 0.667. The molecule has 1 aliphatic carbocycles. The second kappa shape index (κ2) is 2.82. The van der Waals surface area contributed by atoms with Crippen molar-refractivity contribution < 1.29 is 19.7 Å². The first-order valence-electron chi connectivity index (χ1n) is 4.35. The molecule has 0 spiro atoms. The van der Waals surface area contributed by atoms with Gasteiger partial charge in [-0.2, -0.15) is 0 Å². The van der Waals surface area contributed by atoms with Crippen molar-refractivity contribution in [2.45, 2.75) is 12.0 Å². The van der Waals surface area contributed by atoms with Gasteiger partial charge in [0.15, 0.2) is 5.60 Å². The summed E-state index contributed by atoms with van der Waals surface area (Å²) in [5, 5.41) is 18.8. The van der Waals surface area contributed by atoms with E-state index in [1.54, 1.807) is 6.08 Å². The molecule has 0 amide bonds. The molecule has 3 atom stereocenters. The van der Waals surface area contributed by atoms with E-state index in [-0.39, 0.29) is 31.5 Å². The van der Waals surface area contributed by atoms with Gasteiger partial charge in [-0.1, -0.05) is 12.2 Å². The van der Waals surface area contributed by atoms with Gasteiger partial charge >= 0.3 is 5.97 Å². The number of cyclic esters (lactones) is 1. The van der Waals surface area contributed by atoms with Crippen LogP contribution in [0.4, 0.5) is 0 Å². The molecule has 72 valence electrons. The summed E-state index contributed by atoms with van der Waals surface area (Å²) in [4.78, 5) is 11.2. The van der Waals surface area contributed by atoms with Crippen LogP contribution in [0.15, 0.2) is 12.2 Å². The van der Waals surface area contributed by atoms with E-state index in [2.05, 4.69) is 0 Å². The van der Waals surface area contributed by atoms with Crippen LogP contribution in [0.25, 0.3) is 0 Å². The molecule has 0 aromatic heterocycles. The molecule has 2 rings (SSSR count). The highest BCUT2D eigenvalue weighted by atomic mass is 16.6. The topological polar surface area (TPSA) is 66.8 Å². The van der Waals surface area contributed by atoms with E-state index in [4.69, 9.17) is 9.84 Å². The zero-order chi connectivity index (χ0) is 9.47. The van der Waals surface area contributed by atoms with Crippen LogP contribution in [-0.4, -0.2) is 35.0 Å². The van der Waals surface area contributed by atoms with Crippen LogP contribution in [0.3, 0.4) is 0 Å². The zero-order valence-electron chi connectivity index (χ0n) is 7.14. The van der Waals surface area contributed by atoms with E-state index in [0.717, 1.165) is 0 Å². The summed E-state index contributed by atoms with van der Waals surface area (Å²) in [6.45, 7) is 0.211.